The quantitative estimate of drug-likeness (QED) is 0.752. The Morgan fingerprint density at radius 1 is 0.727 bits per heavy atom. The predicted molar refractivity (Wildman–Crippen MR) is 89.1 cm³/mol. The van der Waals surface area contributed by atoms with Crippen LogP contribution in [0.1, 0.15) is 0 Å². The molecule has 2 aromatic carbocycles. The van der Waals surface area contributed by atoms with Gasteiger partial charge in [-0.2, -0.15) is 0 Å². The van der Waals surface area contributed by atoms with Crippen molar-refractivity contribution in [3.8, 4) is 0 Å². The first kappa shape index (κ1) is 17.2. The van der Waals surface area contributed by atoms with E-state index in [9.17, 15) is 16.8 Å². The van der Waals surface area contributed by atoms with Crippen molar-refractivity contribution in [2.45, 2.75) is 9.79 Å². The van der Waals surface area contributed by atoms with Crippen molar-refractivity contribution in [2.75, 3.05) is 0 Å². The molecule has 116 valence electrons. The van der Waals surface area contributed by atoms with Crippen LogP contribution in [0, 0.1) is 0 Å². The summed E-state index contributed by atoms with van der Waals surface area (Å²) < 4.78 is 49.0. The third-order valence-corrected chi connectivity index (χ3v) is 6.50. The minimum Gasteiger partial charge on any atom is -0.219 e. The van der Waals surface area contributed by atoms with Gasteiger partial charge in [0.25, 0.3) is 0 Å². The molecule has 0 aromatic heterocycles. The van der Waals surface area contributed by atoms with Gasteiger partial charge in [-0.3, -0.25) is 0 Å². The van der Waals surface area contributed by atoms with Gasteiger partial charge in [-0.05, 0) is 48.5 Å². The smallest absolute Gasteiger partial charge is 0.200 e. The van der Waals surface area contributed by atoms with Crippen molar-refractivity contribution in [3.63, 3.8) is 0 Å². The second kappa shape index (κ2) is 6.54. The zero-order valence-corrected chi connectivity index (χ0v) is 15.0. The van der Waals surface area contributed by atoms with Crippen molar-refractivity contribution in [1.29, 1.82) is 0 Å². The summed E-state index contributed by atoms with van der Waals surface area (Å²) in [5.74, 6) is 0. The van der Waals surface area contributed by atoms with Gasteiger partial charge >= 0.3 is 0 Å². The Morgan fingerprint density at radius 3 is 1.50 bits per heavy atom. The Balaban J connectivity index is 2.34. The standard InChI is InChI=1S/C14H10BrClO4S2/c15-11-1-5-13(6-2-11)21(17,18)9-10-22(19,20)14-7-3-12(16)4-8-14/h1-10H/b10-9+. The van der Waals surface area contributed by atoms with Gasteiger partial charge in [0, 0.05) is 20.3 Å². The summed E-state index contributed by atoms with van der Waals surface area (Å²) in [6.45, 7) is 0. The average molecular weight is 422 g/mol. The predicted octanol–water partition coefficient (Wildman–Crippen LogP) is 3.82. The molecule has 0 spiro atoms. The van der Waals surface area contributed by atoms with Gasteiger partial charge in [-0.1, -0.05) is 27.5 Å². The number of hydrogen-bond acceptors (Lipinski definition) is 4. The molecule has 8 heteroatoms. The molecule has 0 atom stereocenters. The van der Waals surface area contributed by atoms with Gasteiger partial charge in [-0.25, -0.2) is 16.8 Å². The van der Waals surface area contributed by atoms with E-state index in [0.717, 1.165) is 4.47 Å². The van der Waals surface area contributed by atoms with E-state index < -0.39 is 19.7 Å². The van der Waals surface area contributed by atoms with Crippen molar-refractivity contribution < 1.29 is 16.8 Å². The summed E-state index contributed by atoms with van der Waals surface area (Å²) in [6.07, 6.45) is 0. The molecule has 4 nitrogen and oxygen atoms in total. The number of benzene rings is 2. The van der Waals surface area contributed by atoms with Crippen LogP contribution in [-0.4, -0.2) is 16.8 Å². The maximum atomic E-state index is 12.1. The highest BCUT2D eigenvalue weighted by Crippen LogP contribution is 2.19. The van der Waals surface area contributed by atoms with E-state index in [4.69, 9.17) is 11.6 Å². The first-order chi connectivity index (χ1) is 10.2. The maximum Gasteiger partial charge on any atom is 0.200 e. The topological polar surface area (TPSA) is 68.3 Å². The molecular formula is C14H10BrClO4S2. The summed E-state index contributed by atoms with van der Waals surface area (Å²) in [5.41, 5.74) is 0. The first-order valence-electron chi connectivity index (χ1n) is 5.90. The molecule has 0 N–H and O–H groups in total. The van der Waals surface area contributed by atoms with Gasteiger partial charge in [0.15, 0.2) is 0 Å². The molecule has 0 bridgehead atoms. The highest BCUT2D eigenvalue weighted by molar-refractivity contribution is 9.10. The van der Waals surface area contributed by atoms with Crippen molar-refractivity contribution in [2.24, 2.45) is 0 Å². The fourth-order valence-corrected chi connectivity index (χ4v) is 4.46. The third kappa shape index (κ3) is 4.19. The Morgan fingerprint density at radius 2 is 1.09 bits per heavy atom. The molecule has 0 aliphatic rings. The summed E-state index contributed by atoms with van der Waals surface area (Å²) in [4.78, 5) is -0.0163. The number of sulfone groups is 2. The molecule has 22 heavy (non-hydrogen) atoms. The molecule has 0 amide bonds. The van der Waals surface area contributed by atoms with Crippen LogP contribution < -0.4 is 0 Å². The lowest BCUT2D eigenvalue weighted by Gasteiger charge is -2.01. The summed E-state index contributed by atoms with van der Waals surface area (Å²) in [6, 6.07) is 11.4. The third-order valence-electron chi connectivity index (χ3n) is 2.70. The lowest BCUT2D eigenvalue weighted by Crippen LogP contribution is -2.00. The summed E-state index contributed by atoms with van der Waals surface area (Å²) in [5, 5.41) is 1.75. The van der Waals surface area contributed by atoms with Gasteiger partial charge in [0.05, 0.1) is 9.79 Å². The summed E-state index contributed by atoms with van der Waals surface area (Å²) >= 11 is 8.89. The van der Waals surface area contributed by atoms with Crippen LogP contribution in [-0.2, 0) is 19.7 Å². The zero-order valence-electron chi connectivity index (χ0n) is 11.0. The molecule has 0 radical (unpaired) electrons. The fourth-order valence-electron chi connectivity index (χ4n) is 1.55. The lowest BCUT2D eigenvalue weighted by molar-refractivity contribution is 0.600. The van der Waals surface area contributed by atoms with Crippen molar-refractivity contribution in [1.82, 2.24) is 0 Å². The molecule has 0 heterocycles. The second-order valence-electron chi connectivity index (χ2n) is 4.27. The Labute approximate surface area is 142 Å². The molecule has 0 fully saturated rings. The van der Waals surface area contributed by atoms with Crippen LogP contribution in [0.4, 0.5) is 0 Å². The van der Waals surface area contributed by atoms with Gasteiger partial charge in [-0.15, -0.1) is 0 Å². The van der Waals surface area contributed by atoms with Crippen molar-refractivity contribution in [3.05, 3.63) is 68.8 Å². The average Bonchev–Trinajstić information content (AvgIpc) is 2.46. The minimum absolute atomic E-state index is 0.0123. The lowest BCUT2D eigenvalue weighted by atomic mass is 10.4. The van der Waals surface area contributed by atoms with Crippen LogP contribution in [0.15, 0.2) is 73.6 Å². The van der Waals surface area contributed by atoms with Crippen LogP contribution in [0.25, 0.3) is 0 Å². The van der Waals surface area contributed by atoms with Gasteiger partial charge in [0.2, 0.25) is 19.7 Å². The molecule has 0 saturated carbocycles. The van der Waals surface area contributed by atoms with E-state index in [1.165, 1.54) is 36.4 Å². The largest absolute Gasteiger partial charge is 0.219 e. The van der Waals surface area contributed by atoms with E-state index in [0.29, 0.717) is 15.8 Å². The molecule has 0 aliphatic heterocycles. The number of halogens is 2. The molecule has 2 aromatic rings. The van der Waals surface area contributed by atoms with E-state index >= 15 is 0 Å². The molecule has 0 unspecified atom stereocenters. The molecular weight excluding hydrogens is 412 g/mol. The van der Waals surface area contributed by atoms with Crippen LogP contribution in [0.3, 0.4) is 0 Å². The Kier molecular flexibility index (Phi) is 5.11. The van der Waals surface area contributed by atoms with Crippen LogP contribution in [0.5, 0.6) is 0 Å². The zero-order chi connectivity index (χ0) is 16.4. The van der Waals surface area contributed by atoms with E-state index in [2.05, 4.69) is 15.9 Å². The molecule has 0 saturated heterocycles. The summed E-state index contributed by atoms with van der Waals surface area (Å²) in [7, 11) is -7.69. The van der Waals surface area contributed by atoms with E-state index in [1.54, 1.807) is 12.1 Å². The molecule has 2 rings (SSSR count). The second-order valence-corrected chi connectivity index (χ2v) is 9.29. The van der Waals surface area contributed by atoms with E-state index in [1.807, 2.05) is 0 Å². The van der Waals surface area contributed by atoms with Gasteiger partial charge < -0.3 is 0 Å². The highest BCUT2D eigenvalue weighted by atomic mass is 79.9. The SMILES string of the molecule is O=S(=O)(/C=C/S(=O)(=O)c1ccc(Br)cc1)c1ccc(Cl)cc1. The maximum absolute atomic E-state index is 12.1. The van der Waals surface area contributed by atoms with Crippen LogP contribution in [0.2, 0.25) is 5.02 Å². The first-order valence-corrected chi connectivity index (χ1v) is 10.2. The molecule has 0 aliphatic carbocycles. The Hall–Kier alpha value is -1.15. The highest BCUT2D eigenvalue weighted by Gasteiger charge is 2.15. The monoisotopic (exact) mass is 420 g/mol. The Bertz CT molecular complexity index is 823. The van der Waals surface area contributed by atoms with Gasteiger partial charge in [0.1, 0.15) is 0 Å². The van der Waals surface area contributed by atoms with Crippen LogP contribution >= 0.6 is 27.5 Å². The number of hydrogen-bond donors (Lipinski definition) is 0. The minimum atomic E-state index is -3.85. The van der Waals surface area contributed by atoms with E-state index in [-0.39, 0.29) is 9.79 Å². The van der Waals surface area contributed by atoms with Crippen molar-refractivity contribution >= 4 is 47.2 Å². The number of rotatable bonds is 4. The normalized spacial score (nSPS) is 12.6. The fraction of sp³-hybridized carbons (Fsp3) is 0.